The van der Waals surface area contributed by atoms with Crippen molar-refractivity contribution in [2.24, 2.45) is 5.92 Å². The average Bonchev–Trinajstić information content (AvgIpc) is 2.63. The van der Waals surface area contributed by atoms with Crippen LogP contribution in [0.25, 0.3) is 0 Å². The number of thioether (sulfide) groups is 1. The summed E-state index contributed by atoms with van der Waals surface area (Å²) >= 11 is 1.47. The highest BCUT2D eigenvalue weighted by molar-refractivity contribution is 8.00. The van der Waals surface area contributed by atoms with Crippen LogP contribution in [0.15, 0.2) is 47.4 Å². The van der Waals surface area contributed by atoms with Gasteiger partial charge >= 0.3 is 0 Å². The number of carbonyl (C=O) groups excluding carboxylic acids is 3. The molecule has 3 N–H and O–H groups in total. The predicted octanol–water partition coefficient (Wildman–Crippen LogP) is 3.97. The van der Waals surface area contributed by atoms with Crippen molar-refractivity contribution in [3.05, 3.63) is 48.0 Å². The minimum absolute atomic E-state index is 0.0601. The molecule has 7 heteroatoms. The zero-order chi connectivity index (χ0) is 19.6. The molecule has 3 rings (SSSR count). The minimum Gasteiger partial charge on any atom is -0.326 e. The Labute approximate surface area is 162 Å². The van der Waals surface area contributed by atoms with E-state index in [9.17, 15) is 14.4 Å². The van der Waals surface area contributed by atoms with Crippen molar-refractivity contribution < 1.29 is 14.4 Å². The Kier molecular flexibility index (Phi) is 5.51. The van der Waals surface area contributed by atoms with Gasteiger partial charge in [0, 0.05) is 27.8 Å². The number of benzene rings is 2. The van der Waals surface area contributed by atoms with E-state index in [0.29, 0.717) is 22.6 Å². The summed E-state index contributed by atoms with van der Waals surface area (Å²) in [6.45, 7) is 5.49. The molecule has 0 saturated carbocycles. The Morgan fingerprint density at radius 2 is 1.67 bits per heavy atom. The SMILES string of the molecule is CC(C)C(=O)Nc1ccc(NC(=O)c2ccc3c(c2)NC(=O)C(C)S3)cc1. The molecular formula is C20H21N3O3S. The van der Waals surface area contributed by atoms with Gasteiger partial charge in [0.25, 0.3) is 5.91 Å². The van der Waals surface area contributed by atoms with Crippen LogP contribution in [0.4, 0.5) is 17.1 Å². The zero-order valence-electron chi connectivity index (χ0n) is 15.3. The summed E-state index contributed by atoms with van der Waals surface area (Å²) in [6.07, 6.45) is 0. The Morgan fingerprint density at radius 3 is 2.30 bits per heavy atom. The topological polar surface area (TPSA) is 87.3 Å². The van der Waals surface area contributed by atoms with Crippen LogP contribution >= 0.6 is 11.8 Å². The van der Waals surface area contributed by atoms with Gasteiger partial charge in [0.2, 0.25) is 11.8 Å². The van der Waals surface area contributed by atoms with Gasteiger partial charge in [0.1, 0.15) is 0 Å². The van der Waals surface area contributed by atoms with Crippen LogP contribution in [0, 0.1) is 5.92 Å². The first-order chi connectivity index (χ1) is 12.8. The molecule has 140 valence electrons. The molecule has 1 atom stereocenters. The maximum atomic E-state index is 12.5. The lowest BCUT2D eigenvalue weighted by atomic mass is 10.1. The number of hydrogen-bond donors (Lipinski definition) is 3. The van der Waals surface area contributed by atoms with Crippen LogP contribution in [-0.4, -0.2) is 23.0 Å². The highest BCUT2D eigenvalue weighted by Gasteiger charge is 2.23. The fourth-order valence-electron chi connectivity index (χ4n) is 2.48. The molecular weight excluding hydrogens is 362 g/mol. The highest BCUT2D eigenvalue weighted by atomic mass is 32.2. The van der Waals surface area contributed by atoms with Crippen molar-refractivity contribution in [1.29, 1.82) is 0 Å². The van der Waals surface area contributed by atoms with E-state index in [4.69, 9.17) is 0 Å². The van der Waals surface area contributed by atoms with Gasteiger partial charge in [-0.25, -0.2) is 0 Å². The Bertz CT molecular complexity index is 894. The number of carbonyl (C=O) groups is 3. The van der Waals surface area contributed by atoms with Gasteiger partial charge in [-0.15, -0.1) is 11.8 Å². The molecule has 2 aromatic carbocycles. The largest absolute Gasteiger partial charge is 0.326 e. The van der Waals surface area contributed by atoms with Gasteiger partial charge in [-0.3, -0.25) is 14.4 Å². The lowest BCUT2D eigenvalue weighted by molar-refractivity contribution is -0.119. The number of nitrogens with one attached hydrogen (secondary N) is 3. The van der Waals surface area contributed by atoms with E-state index in [2.05, 4.69) is 16.0 Å². The molecule has 0 aliphatic carbocycles. The van der Waals surface area contributed by atoms with Crippen LogP contribution in [0.2, 0.25) is 0 Å². The molecule has 1 heterocycles. The first-order valence-electron chi connectivity index (χ1n) is 8.67. The fraction of sp³-hybridized carbons (Fsp3) is 0.250. The summed E-state index contributed by atoms with van der Waals surface area (Å²) in [5, 5.41) is 8.30. The monoisotopic (exact) mass is 383 g/mol. The number of fused-ring (bicyclic) bond motifs is 1. The van der Waals surface area contributed by atoms with Gasteiger partial charge < -0.3 is 16.0 Å². The Morgan fingerprint density at radius 1 is 1.04 bits per heavy atom. The predicted molar refractivity (Wildman–Crippen MR) is 108 cm³/mol. The molecule has 1 unspecified atom stereocenters. The van der Waals surface area contributed by atoms with Crippen LogP contribution in [0.1, 0.15) is 31.1 Å². The first-order valence-corrected chi connectivity index (χ1v) is 9.55. The van der Waals surface area contributed by atoms with Crippen molar-refractivity contribution in [3.8, 4) is 0 Å². The second kappa shape index (κ2) is 7.84. The van der Waals surface area contributed by atoms with E-state index in [1.54, 1.807) is 36.4 Å². The Balaban J connectivity index is 1.68. The van der Waals surface area contributed by atoms with Gasteiger partial charge in [-0.05, 0) is 49.4 Å². The third-order valence-electron chi connectivity index (χ3n) is 4.11. The molecule has 0 fully saturated rings. The lowest BCUT2D eigenvalue weighted by Gasteiger charge is -2.21. The summed E-state index contributed by atoms with van der Waals surface area (Å²) < 4.78 is 0. The lowest BCUT2D eigenvalue weighted by Crippen LogP contribution is -2.26. The normalized spacial score (nSPS) is 15.7. The zero-order valence-corrected chi connectivity index (χ0v) is 16.1. The minimum atomic E-state index is -0.269. The molecule has 1 aliphatic rings. The molecule has 0 radical (unpaired) electrons. The van der Waals surface area contributed by atoms with Crippen molar-refractivity contribution in [2.75, 3.05) is 16.0 Å². The van der Waals surface area contributed by atoms with Gasteiger partial charge in [-0.2, -0.15) is 0 Å². The summed E-state index contributed by atoms with van der Waals surface area (Å²) in [5.41, 5.74) is 2.41. The highest BCUT2D eigenvalue weighted by Crippen LogP contribution is 2.36. The molecule has 0 aromatic heterocycles. The second-order valence-corrected chi connectivity index (χ2v) is 8.02. The van der Waals surface area contributed by atoms with E-state index in [-0.39, 0.29) is 28.9 Å². The molecule has 1 aliphatic heterocycles. The smallest absolute Gasteiger partial charge is 0.255 e. The third-order valence-corrected chi connectivity index (χ3v) is 5.28. The van der Waals surface area contributed by atoms with Crippen molar-refractivity contribution >= 4 is 46.5 Å². The van der Waals surface area contributed by atoms with E-state index in [1.807, 2.05) is 26.8 Å². The standard InChI is InChI=1S/C20H21N3O3S/c1-11(2)18(24)21-14-5-7-15(8-6-14)22-20(26)13-4-9-17-16(10-13)23-19(25)12(3)27-17/h4-12H,1-3H3,(H,21,24)(H,22,26)(H,23,25). The van der Waals surface area contributed by atoms with Gasteiger partial charge in [-0.1, -0.05) is 13.8 Å². The van der Waals surface area contributed by atoms with Crippen LogP contribution < -0.4 is 16.0 Å². The summed E-state index contributed by atoms with van der Waals surface area (Å²) in [4.78, 5) is 37.0. The van der Waals surface area contributed by atoms with Crippen molar-refractivity contribution in [3.63, 3.8) is 0 Å². The molecule has 0 spiro atoms. The quantitative estimate of drug-likeness (QED) is 0.746. The average molecular weight is 383 g/mol. The Hall–Kier alpha value is -2.80. The van der Waals surface area contributed by atoms with Crippen molar-refractivity contribution in [1.82, 2.24) is 0 Å². The van der Waals surface area contributed by atoms with Gasteiger partial charge in [0.15, 0.2) is 0 Å². The maximum absolute atomic E-state index is 12.5. The summed E-state index contributed by atoms with van der Waals surface area (Å²) in [6, 6.07) is 12.2. The first kappa shape index (κ1) is 19.0. The molecule has 0 bridgehead atoms. The van der Waals surface area contributed by atoms with E-state index >= 15 is 0 Å². The molecule has 3 amide bonds. The number of hydrogen-bond acceptors (Lipinski definition) is 4. The van der Waals surface area contributed by atoms with E-state index in [0.717, 1.165) is 4.90 Å². The van der Waals surface area contributed by atoms with E-state index in [1.165, 1.54) is 11.8 Å². The summed E-state index contributed by atoms with van der Waals surface area (Å²) in [5.74, 6) is -0.496. The number of anilines is 3. The van der Waals surface area contributed by atoms with Gasteiger partial charge in [0.05, 0.1) is 10.9 Å². The van der Waals surface area contributed by atoms with Crippen LogP contribution in [-0.2, 0) is 9.59 Å². The number of rotatable bonds is 4. The summed E-state index contributed by atoms with van der Waals surface area (Å²) in [7, 11) is 0. The molecule has 27 heavy (non-hydrogen) atoms. The molecule has 6 nitrogen and oxygen atoms in total. The molecule has 0 saturated heterocycles. The maximum Gasteiger partial charge on any atom is 0.255 e. The number of amides is 3. The van der Waals surface area contributed by atoms with Crippen molar-refractivity contribution in [2.45, 2.75) is 30.9 Å². The van der Waals surface area contributed by atoms with E-state index < -0.39 is 0 Å². The molecule has 2 aromatic rings. The fourth-order valence-corrected chi connectivity index (χ4v) is 3.41. The second-order valence-electron chi connectivity index (χ2n) is 6.64. The third kappa shape index (κ3) is 4.49. The van der Waals surface area contributed by atoms with Crippen LogP contribution in [0.3, 0.4) is 0 Å². The van der Waals surface area contributed by atoms with Crippen LogP contribution in [0.5, 0.6) is 0 Å².